The molecule has 68 valence electrons. The Kier molecular flexibility index (Phi) is 2.42. The van der Waals surface area contributed by atoms with Crippen molar-refractivity contribution in [3.05, 3.63) is 0 Å². The molecule has 0 spiro atoms. The van der Waals surface area contributed by atoms with Crippen LogP contribution in [0.25, 0.3) is 0 Å². The molecule has 3 nitrogen and oxygen atoms in total. The first-order valence-electron chi connectivity index (χ1n) is 4.82. The predicted molar refractivity (Wildman–Crippen MR) is 46.8 cm³/mol. The highest BCUT2D eigenvalue weighted by molar-refractivity contribution is 5.79. The summed E-state index contributed by atoms with van der Waals surface area (Å²) in [4.78, 5) is 13.2. The lowest BCUT2D eigenvalue weighted by Crippen LogP contribution is -2.40. The van der Waals surface area contributed by atoms with E-state index < -0.39 is 0 Å². The van der Waals surface area contributed by atoms with Gasteiger partial charge < -0.3 is 5.32 Å². The maximum atomic E-state index is 10.9. The molecule has 2 rings (SSSR count). The molecular formula is C9H16N2O. The number of Topliss-reactive ketones (excluding diaryl/α,β-unsaturated/α-hetero) is 1. The molecule has 1 aliphatic carbocycles. The molecule has 0 atom stereocenters. The van der Waals surface area contributed by atoms with E-state index in [1.54, 1.807) is 0 Å². The second kappa shape index (κ2) is 3.54. The third-order valence-corrected chi connectivity index (χ3v) is 2.59. The minimum atomic E-state index is 0.428. The van der Waals surface area contributed by atoms with E-state index >= 15 is 0 Å². The Bertz CT molecular complexity index is 167. The van der Waals surface area contributed by atoms with Crippen molar-refractivity contribution in [2.24, 2.45) is 0 Å². The van der Waals surface area contributed by atoms with Crippen molar-refractivity contribution in [1.29, 1.82) is 0 Å². The Morgan fingerprint density at radius 1 is 1.33 bits per heavy atom. The van der Waals surface area contributed by atoms with Gasteiger partial charge in [0, 0.05) is 38.6 Å². The molecule has 3 heteroatoms. The first kappa shape index (κ1) is 8.20. The standard InChI is InChI=1S/C9H16N2O/c12-9-3-5-11(6-4-9)7-10-8-1-2-8/h8,10H,1-7H2. The zero-order valence-electron chi connectivity index (χ0n) is 7.38. The van der Waals surface area contributed by atoms with Gasteiger partial charge in [-0.2, -0.15) is 0 Å². The average Bonchev–Trinajstić information content (AvgIpc) is 2.87. The van der Waals surface area contributed by atoms with Gasteiger partial charge >= 0.3 is 0 Å². The third kappa shape index (κ3) is 2.29. The van der Waals surface area contributed by atoms with Gasteiger partial charge in [0.05, 0.1) is 0 Å². The van der Waals surface area contributed by atoms with Crippen LogP contribution in [-0.4, -0.2) is 36.5 Å². The highest BCUT2D eigenvalue weighted by Crippen LogP contribution is 2.18. The van der Waals surface area contributed by atoms with Gasteiger partial charge in [-0.15, -0.1) is 0 Å². The number of carbonyl (C=O) groups is 1. The molecule has 1 N–H and O–H groups in total. The largest absolute Gasteiger partial charge is 0.302 e. The smallest absolute Gasteiger partial charge is 0.135 e. The molecule has 2 fully saturated rings. The van der Waals surface area contributed by atoms with Gasteiger partial charge in [-0.3, -0.25) is 9.69 Å². The molecular weight excluding hydrogens is 152 g/mol. The van der Waals surface area contributed by atoms with Gasteiger partial charge in [-0.05, 0) is 12.8 Å². The minimum absolute atomic E-state index is 0.428. The molecule has 0 aromatic carbocycles. The van der Waals surface area contributed by atoms with Crippen molar-refractivity contribution in [3.8, 4) is 0 Å². The molecule has 0 aromatic rings. The summed E-state index contributed by atoms with van der Waals surface area (Å²) in [5.41, 5.74) is 0. The predicted octanol–water partition coefficient (Wildman–Crippen LogP) is 0.361. The van der Waals surface area contributed by atoms with E-state index in [-0.39, 0.29) is 0 Å². The van der Waals surface area contributed by atoms with Gasteiger partial charge in [0.25, 0.3) is 0 Å². The van der Waals surface area contributed by atoms with Crippen LogP contribution < -0.4 is 5.32 Å². The highest BCUT2D eigenvalue weighted by atomic mass is 16.1. The number of carbonyl (C=O) groups excluding carboxylic acids is 1. The molecule has 1 aliphatic heterocycles. The number of hydrogen-bond donors (Lipinski definition) is 1. The van der Waals surface area contributed by atoms with Gasteiger partial charge in [-0.1, -0.05) is 0 Å². The zero-order valence-corrected chi connectivity index (χ0v) is 7.38. The lowest BCUT2D eigenvalue weighted by molar-refractivity contribution is -0.121. The lowest BCUT2D eigenvalue weighted by atomic mass is 10.1. The molecule has 12 heavy (non-hydrogen) atoms. The van der Waals surface area contributed by atoms with Crippen LogP contribution in [0.4, 0.5) is 0 Å². The summed E-state index contributed by atoms with van der Waals surface area (Å²) >= 11 is 0. The zero-order chi connectivity index (χ0) is 8.39. The topological polar surface area (TPSA) is 32.3 Å². The van der Waals surface area contributed by atoms with Crippen LogP contribution in [0.15, 0.2) is 0 Å². The molecule has 0 radical (unpaired) electrons. The van der Waals surface area contributed by atoms with Crippen LogP contribution in [0, 0.1) is 0 Å². The first-order valence-corrected chi connectivity index (χ1v) is 4.82. The fourth-order valence-electron chi connectivity index (χ4n) is 1.51. The van der Waals surface area contributed by atoms with Crippen LogP contribution in [0.1, 0.15) is 25.7 Å². The van der Waals surface area contributed by atoms with E-state index in [4.69, 9.17) is 0 Å². The fraction of sp³-hybridized carbons (Fsp3) is 0.889. The summed E-state index contributed by atoms with van der Waals surface area (Å²) in [5, 5.41) is 3.46. The number of hydrogen-bond acceptors (Lipinski definition) is 3. The van der Waals surface area contributed by atoms with Gasteiger partial charge in [0.1, 0.15) is 5.78 Å². The molecule has 2 aliphatic rings. The molecule has 1 saturated heterocycles. The van der Waals surface area contributed by atoms with E-state index in [2.05, 4.69) is 10.2 Å². The van der Waals surface area contributed by atoms with Gasteiger partial charge in [-0.25, -0.2) is 0 Å². The van der Waals surface area contributed by atoms with Crippen LogP contribution in [0.3, 0.4) is 0 Å². The maximum Gasteiger partial charge on any atom is 0.135 e. The summed E-state index contributed by atoms with van der Waals surface area (Å²) in [6.07, 6.45) is 4.19. The van der Waals surface area contributed by atoms with Crippen LogP contribution in [0.2, 0.25) is 0 Å². The summed E-state index contributed by atoms with van der Waals surface area (Å²) < 4.78 is 0. The Balaban J connectivity index is 1.63. The van der Waals surface area contributed by atoms with Crippen LogP contribution >= 0.6 is 0 Å². The fourth-order valence-corrected chi connectivity index (χ4v) is 1.51. The van der Waals surface area contributed by atoms with E-state index in [0.29, 0.717) is 5.78 Å². The Hall–Kier alpha value is -0.410. The van der Waals surface area contributed by atoms with Gasteiger partial charge in [0.15, 0.2) is 0 Å². The van der Waals surface area contributed by atoms with Crippen LogP contribution in [-0.2, 0) is 4.79 Å². The Labute approximate surface area is 73.1 Å². The normalized spacial score (nSPS) is 26.2. The Morgan fingerprint density at radius 3 is 2.58 bits per heavy atom. The van der Waals surface area contributed by atoms with Crippen molar-refractivity contribution in [3.63, 3.8) is 0 Å². The van der Waals surface area contributed by atoms with Crippen molar-refractivity contribution < 1.29 is 4.79 Å². The van der Waals surface area contributed by atoms with Crippen LogP contribution in [0.5, 0.6) is 0 Å². The molecule has 0 bridgehead atoms. The third-order valence-electron chi connectivity index (χ3n) is 2.59. The number of rotatable bonds is 3. The average molecular weight is 168 g/mol. The Morgan fingerprint density at radius 2 is 2.00 bits per heavy atom. The number of likely N-dealkylation sites (tertiary alicyclic amines) is 1. The molecule has 1 saturated carbocycles. The number of piperidine rings is 1. The SMILES string of the molecule is O=C1CCN(CNC2CC2)CC1. The molecule has 0 unspecified atom stereocenters. The summed E-state index contributed by atoms with van der Waals surface area (Å²) in [6.45, 7) is 2.90. The van der Waals surface area contributed by atoms with Crippen molar-refractivity contribution in [2.45, 2.75) is 31.7 Å². The number of ketones is 1. The molecule has 0 aromatic heterocycles. The van der Waals surface area contributed by atoms with Gasteiger partial charge in [0.2, 0.25) is 0 Å². The first-order chi connectivity index (χ1) is 5.84. The lowest BCUT2D eigenvalue weighted by Gasteiger charge is -2.25. The monoisotopic (exact) mass is 168 g/mol. The molecule has 0 amide bonds. The van der Waals surface area contributed by atoms with E-state index in [9.17, 15) is 4.79 Å². The molecule has 1 heterocycles. The van der Waals surface area contributed by atoms with Crippen molar-refractivity contribution >= 4 is 5.78 Å². The van der Waals surface area contributed by atoms with E-state index in [1.807, 2.05) is 0 Å². The van der Waals surface area contributed by atoms with E-state index in [0.717, 1.165) is 38.6 Å². The minimum Gasteiger partial charge on any atom is -0.302 e. The quantitative estimate of drug-likeness (QED) is 0.660. The number of nitrogens with one attached hydrogen (secondary N) is 1. The van der Waals surface area contributed by atoms with Crippen molar-refractivity contribution in [1.82, 2.24) is 10.2 Å². The van der Waals surface area contributed by atoms with Crippen molar-refractivity contribution in [2.75, 3.05) is 19.8 Å². The summed E-state index contributed by atoms with van der Waals surface area (Å²) in [7, 11) is 0. The maximum absolute atomic E-state index is 10.9. The second-order valence-electron chi connectivity index (χ2n) is 3.79. The second-order valence-corrected chi connectivity index (χ2v) is 3.79. The van der Waals surface area contributed by atoms with E-state index in [1.165, 1.54) is 12.8 Å². The number of nitrogens with zero attached hydrogens (tertiary/aromatic N) is 1. The highest BCUT2D eigenvalue weighted by Gasteiger charge is 2.22. The summed E-state index contributed by atoms with van der Waals surface area (Å²) in [5.74, 6) is 0.428. The summed E-state index contributed by atoms with van der Waals surface area (Å²) in [6, 6.07) is 0.780.